The van der Waals surface area contributed by atoms with Crippen molar-refractivity contribution in [2.75, 3.05) is 0 Å². The first-order chi connectivity index (χ1) is 8.58. The molecule has 0 spiro atoms. The third-order valence-electron chi connectivity index (χ3n) is 1.71. The number of hydrogen-bond acceptors (Lipinski definition) is 4. The Morgan fingerprint density at radius 2 is 1.22 bits per heavy atom. The maximum atomic E-state index is 10.4. The van der Waals surface area contributed by atoms with E-state index in [-0.39, 0.29) is 0 Å². The third kappa shape index (κ3) is 5.26. The zero-order valence-corrected chi connectivity index (χ0v) is 9.33. The lowest BCUT2D eigenvalue weighted by molar-refractivity contribution is 0.248. The molecule has 1 aromatic rings. The van der Waals surface area contributed by atoms with Gasteiger partial charge in [0.05, 0.1) is 12.4 Å². The number of hydrogen-bond donors (Lipinski definition) is 4. The van der Waals surface area contributed by atoms with Crippen molar-refractivity contribution in [2.45, 2.75) is 0 Å². The van der Waals surface area contributed by atoms with Crippen LogP contribution in [0.3, 0.4) is 0 Å². The van der Waals surface area contributed by atoms with E-state index in [4.69, 9.17) is 11.5 Å². The Morgan fingerprint density at radius 3 is 1.50 bits per heavy atom. The highest BCUT2D eigenvalue weighted by molar-refractivity contribution is 5.85. The zero-order valence-electron chi connectivity index (χ0n) is 9.33. The van der Waals surface area contributed by atoms with E-state index in [0.717, 1.165) is 11.1 Å². The predicted octanol–water partition coefficient (Wildman–Crippen LogP) is -0.309. The molecule has 4 amide bonds. The van der Waals surface area contributed by atoms with Gasteiger partial charge in [-0.3, -0.25) is 0 Å². The first-order valence-corrected chi connectivity index (χ1v) is 4.85. The Morgan fingerprint density at radius 1 is 0.889 bits per heavy atom. The minimum absolute atomic E-state index is 0.729. The molecule has 0 heterocycles. The van der Waals surface area contributed by atoms with Crippen molar-refractivity contribution < 1.29 is 9.59 Å². The van der Waals surface area contributed by atoms with Crippen molar-refractivity contribution in [3.8, 4) is 0 Å². The summed E-state index contributed by atoms with van der Waals surface area (Å²) < 4.78 is 0. The van der Waals surface area contributed by atoms with Crippen molar-refractivity contribution in [3.63, 3.8) is 0 Å². The number of primary amides is 2. The standard InChI is InChI=1S/C10H12N6O2/c11-9(17)15-13-5-7-1-2-8(4-3-7)6-14-16-10(12)18/h1-6H,(H3,11,15,17)(H3,12,16,18)/b13-5-,14-6-. The summed E-state index contributed by atoms with van der Waals surface area (Å²) in [6.07, 6.45) is 2.88. The minimum Gasteiger partial charge on any atom is -0.350 e. The number of nitrogens with two attached hydrogens (primary N) is 2. The van der Waals surface area contributed by atoms with E-state index in [0.29, 0.717) is 0 Å². The van der Waals surface area contributed by atoms with Crippen LogP contribution in [0.5, 0.6) is 0 Å². The Balaban J connectivity index is 2.57. The molecule has 0 aliphatic carbocycles. The Hall–Kier alpha value is -2.90. The predicted molar refractivity (Wildman–Crippen MR) is 67.1 cm³/mol. The van der Waals surface area contributed by atoms with Gasteiger partial charge in [0.2, 0.25) is 0 Å². The van der Waals surface area contributed by atoms with Crippen LogP contribution in [0.15, 0.2) is 34.5 Å². The molecule has 0 aliphatic rings. The van der Waals surface area contributed by atoms with E-state index in [9.17, 15) is 9.59 Å². The number of rotatable bonds is 4. The lowest BCUT2D eigenvalue weighted by Crippen LogP contribution is -2.24. The number of urea groups is 2. The molecule has 8 nitrogen and oxygen atoms in total. The first kappa shape index (κ1) is 13.2. The van der Waals surface area contributed by atoms with E-state index in [1.54, 1.807) is 24.3 Å². The van der Waals surface area contributed by atoms with Crippen molar-refractivity contribution in [1.29, 1.82) is 0 Å². The molecule has 0 aromatic heterocycles. The van der Waals surface area contributed by atoms with Crippen LogP contribution in [-0.4, -0.2) is 24.5 Å². The zero-order chi connectivity index (χ0) is 13.4. The topological polar surface area (TPSA) is 135 Å². The fraction of sp³-hybridized carbons (Fsp3) is 0. The molecule has 0 bridgehead atoms. The largest absolute Gasteiger partial charge is 0.350 e. The van der Waals surface area contributed by atoms with Gasteiger partial charge in [-0.05, 0) is 11.1 Å². The molecule has 18 heavy (non-hydrogen) atoms. The third-order valence-corrected chi connectivity index (χ3v) is 1.71. The molecule has 1 aromatic carbocycles. The van der Waals surface area contributed by atoms with Gasteiger partial charge >= 0.3 is 12.1 Å². The first-order valence-electron chi connectivity index (χ1n) is 4.85. The van der Waals surface area contributed by atoms with Gasteiger partial charge in [0, 0.05) is 0 Å². The summed E-state index contributed by atoms with van der Waals surface area (Å²) in [5, 5.41) is 7.20. The Bertz CT molecular complexity index is 435. The van der Waals surface area contributed by atoms with Gasteiger partial charge in [-0.2, -0.15) is 10.2 Å². The minimum atomic E-state index is -0.729. The van der Waals surface area contributed by atoms with Crippen LogP contribution >= 0.6 is 0 Å². The molecule has 0 saturated heterocycles. The molecule has 6 N–H and O–H groups in total. The number of benzene rings is 1. The van der Waals surface area contributed by atoms with Crippen LogP contribution in [0.4, 0.5) is 9.59 Å². The molecule has 94 valence electrons. The normalized spacial score (nSPS) is 10.7. The Kier molecular flexibility index (Phi) is 4.85. The van der Waals surface area contributed by atoms with Gasteiger partial charge in [0.1, 0.15) is 0 Å². The van der Waals surface area contributed by atoms with E-state index >= 15 is 0 Å². The van der Waals surface area contributed by atoms with Crippen LogP contribution in [0.25, 0.3) is 0 Å². The lowest BCUT2D eigenvalue weighted by atomic mass is 10.2. The van der Waals surface area contributed by atoms with Crippen molar-refractivity contribution in [3.05, 3.63) is 35.4 Å². The lowest BCUT2D eigenvalue weighted by Gasteiger charge is -1.96. The smallest absolute Gasteiger partial charge is 0.332 e. The van der Waals surface area contributed by atoms with Crippen LogP contribution in [0, 0.1) is 0 Å². The SMILES string of the molecule is NC(=O)N/N=C\c1ccc(/C=N\NC(N)=O)cc1. The number of nitrogens with one attached hydrogen (secondary N) is 2. The van der Waals surface area contributed by atoms with Crippen LogP contribution < -0.4 is 22.3 Å². The monoisotopic (exact) mass is 248 g/mol. The molecular weight excluding hydrogens is 236 g/mol. The van der Waals surface area contributed by atoms with Crippen molar-refractivity contribution >= 4 is 24.5 Å². The van der Waals surface area contributed by atoms with E-state index in [2.05, 4.69) is 21.1 Å². The summed E-state index contributed by atoms with van der Waals surface area (Å²) in [4.78, 5) is 20.7. The van der Waals surface area contributed by atoms with Crippen LogP contribution in [0.1, 0.15) is 11.1 Å². The van der Waals surface area contributed by atoms with Crippen molar-refractivity contribution in [1.82, 2.24) is 10.9 Å². The maximum absolute atomic E-state index is 10.4. The molecule has 0 saturated carbocycles. The van der Waals surface area contributed by atoms with E-state index < -0.39 is 12.1 Å². The van der Waals surface area contributed by atoms with Gasteiger partial charge < -0.3 is 11.5 Å². The number of nitrogens with zero attached hydrogens (tertiary/aromatic N) is 2. The fourth-order valence-electron chi connectivity index (χ4n) is 1.01. The van der Waals surface area contributed by atoms with Gasteiger partial charge in [0.15, 0.2) is 0 Å². The van der Waals surface area contributed by atoms with Crippen molar-refractivity contribution in [2.24, 2.45) is 21.7 Å². The van der Waals surface area contributed by atoms with Gasteiger partial charge in [-0.15, -0.1) is 0 Å². The average molecular weight is 248 g/mol. The van der Waals surface area contributed by atoms with Gasteiger partial charge in [-0.25, -0.2) is 20.4 Å². The summed E-state index contributed by atoms with van der Waals surface area (Å²) >= 11 is 0. The van der Waals surface area contributed by atoms with Gasteiger partial charge in [-0.1, -0.05) is 24.3 Å². The summed E-state index contributed by atoms with van der Waals surface area (Å²) in [6.45, 7) is 0. The van der Waals surface area contributed by atoms with Crippen LogP contribution in [0.2, 0.25) is 0 Å². The van der Waals surface area contributed by atoms with Crippen LogP contribution in [-0.2, 0) is 0 Å². The molecule has 0 aliphatic heterocycles. The molecule has 8 heteroatoms. The number of hydrazone groups is 2. The summed E-state index contributed by atoms with van der Waals surface area (Å²) in [6, 6.07) is 5.53. The summed E-state index contributed by atoms with van der Waals surface area (Å²) in [5.74, 6) is 0. The average Bonchev–Trinajstić information content (AvgIpc) is 2.30. The second-order valence-corrected chi connectivity index (χ2v) is 3.14. The summed E-state index contributed by atoms with van der Waals surface area (Å²) in [5.41, 5.74) is 15.4. The number of carbonyl (C=O) groups excluding carboxylic acids is 2. The highest BCUT2D eigenvalue weighted by Gasteiger charge is 1.91. The molecular formula is C10H12N6O2. The maximum Gasteiger partial charge on any atom is 0.332 e. The van der Waals surface area contributed by atoms with Gasteiger partial charge in [0.25, 0.3) is 0 Å². The molecule has 0 radical (unpaired) electrons. The Labute approximate surface area is 103 Å². The molecule has 0 fully saturated rings. The van der Waals surface area contributed by atoms with E-state index in [1.165, 1.54) is 12.4 Å². The quantitative estimate of drug-likeness (QED) is 0.429. The number of carbonyl (C=O) groups is 2. The second kappa shape index (κ2) is 6.63. The number of amides is 4. The molecule has 0 atom stereocenters. The second-order valence-electron chi connectivity index (χ2n) is 3.14. The highest BCUT2D eigenvalue weighted by atomic mass is 16.2. The highest BCUT2D eigenvalue weighted by Crippen LogP contribution is 1.99. The van der Waals surface area contributed by atoms with E-state index in [1.807, 2.05) is 0 Å². The molecule has 0 unspecified atom stereocenters. The fourth-order valence-corrected chi connectivity index (χ4v) is 1.01. The molecule has 1 rings (SSSR count). The summed E-state index contributed by atoms with van der Waals surface area (Å²) in [7, 11) is 0.